The first-order valence-corrected chi connectivity index (χ1v) is 10.1. The van der Waals surface area contributed by atoms with Gasteiger partial charge in [0.05, 0.1) is 0 Å². The van der Waals surface area contributed by atoms with Crippen molar-refractivity contribution in [2.75, 3.05) is 0 Å². The molecule has 28 heavy (non-hydrogen) atoms. The molecule has 2 atom stereocenters. The molecule has 0 spiro atoms. The van der Waals surface area contributed by atoms with E-state index in [1.807, 2.05) is 58.0 Å². The number of aryl methyl sites for hydroxylation is 2. The zero-order chi connectivity index (χ0) is 20.5. The highest BCUT2D eigenvalue weighted by molar-refractivity contribution is 5.87. The van der Waals surface area contributed by atoms with Crippen molar-refractivity contribution in [3.8, 4) is 0 Å². The van der Waals surface area contributed by atoms with E-state index in [1.165, 1.54) is 5.56 Å². The summed E-state index contributed by atoms with van der Waals surface area (Å²) in [4.78, 5) is 27.4. The molecule has 0 aromatic heterocycles. The minimum Gasteiger partial charge on any atom is -0.352 e. The summed E-state index contributed by atoms with van der Waals surface area (Å²) in [5, 5.41) is 3.00. The average Bonchev–Trinajstić information content (AvgIpc) is 2.71. The topological polar surface area (TPSA) is 49.4 Å². The molecule has 0 bridgehead atoms. The van der Waals surface area contributed by atoms with Crippen LogP contribution in [0, 0.1) is 6.92 Å². The maximum Gasteiger partial charge on any atom is 0.242 e. The largest absolute Gasteiger partial charge is 0.352 e. The van der Waals surface area contributed by atoms with Crippen molar-refractivity contribution in [1.29, 1.82) is 0 Å². The monoisotopic (exact) mass is 380 g/mol. The van der Waals surface area contributed by atoms with E-state index in [0.717, 1.165) is 17.5 Å². The van der Waals surface area contributed by atoms with Gasteiger partial charge in [0.2, 0.25) is 11.8 Å². The molecule has 4 heteroatoms. The highest BCUT2D eigenvalue weighted by Crippen LogP contribution is 2.13. The SMILES string of the molecule is CC[C@H](C)NC(=O)[C@@H](C)N(Cc1ccccc1)C(=O)CCc1ccc(C)cc1. The molecule has 0 saturated carbocycles. The molecule has 150 valence electrons. The van der Waals surface area contributed by atoms with Gasteiger partial charge in [-0.15, -0.1) is 0 Å². The predicted octanol–water partition coefficient (Wildman–Crippen LogP) is 4.26. The maximum atomic E-state index is 13.0. The van der Waals surface area contributed by atoms with Crippen LogP contribution in [0.2, 0.25) is 0 Å². The Kier molecular flexibility index (Phi) is 8.24. The molecule has 2 amide bonds. The Balaban J connectivity index is 2.10. The van der Waals surface area contributed by atoms with Crippen molar-refractivity contribution in [2.45, 2.75) is 65.6 Å². The first-order valence-electron chi connectivity index (χ1n) is 10.1. The van der Waals surface area contributed by atoms with Crippen molar-refractivity contribution < 1.29 is 9.59 Å². The number of benzene rings is 2. The molecule has 2 aromatic carbocycles. The first kappa shape index (κ1) is 21.7. The van der Waals surface area contributed by atoms with Crippen LogP contribution in [0.15, 0.2) is 54.6 Å². The van der Waals surface area contributed by atoms with Gasteiger partial charge in [0.1, 0.15) is 6.04 Å². The van der Waals surface area contributed by atoms with Crippen LogP contribution in [0.4, 0.5) is 0 Å². The second kappa shape index (κ2) is 10.6. The molecule has 2 aromatic rings. The van der Waals surface area contributed by atoms with Gasteiger partial charge in [-0.2, -0.15) is 0 Å². The number of carbonyl (C=O) groups excluding carboxylic acids is 2. The highest BCUT2D eigenvalue weighted by Gasteiger charge is 2.26. The van der Waals surface area contributed by atoms with Crippen molar-refractivity contribution in [2.24, 2.45) is 0 Å². The smallest absolute Gasteiger partial charge is 0.242 e. The van der Waals surface area contributed by atoms with Crippen LogP contribution in [0.25, 0.3) is 0 Å². The standard InChI is InChI=1S/C24H32N2O2/c1-5-19(3)25-24(28)20(4)26(17-22-9-7-6-8-10-22)23(27)16-15-21-13-11-18(2)12-14-21/h6-14,19-20H,5,15-17H2,1-4H3,(H,25,28)/t19-,20+/m0/s1. The first-order chi connectivity index (χ1) is 13.4. The fourth-order valence-electron chi connectivity index (χ4n) is 2.98. The van der Waals surface area contributed by atoms with Gasteiger partial charge in [-0.1, -0.05) is 67.1 Å². The molecule has 0 saturated heterocycles. The number of amides is 2. The fraction of sp³-hybridized carbons (Fsp3) is 0.417. The Morgan fingerprint density at radius 3 is 2.21 bits per heavy atom. The number of nitrogens with one attached hydrogen (secondary N) is 1. The third kappa shape index (κ3) is 6.52. The lowest BCUT2D eigenvalue weighted by atomic mass is 10.1. The molecule has 2 rings (SSSR count). The summed E-state index contributed by atoms with van der Waals surface area (Å²) < 4.78 is 0. The van der Waals surface area contributed by atoms with Crippen molar-refractivity contribution in [3.05, 3.63) is 71.3 Å². The van der Waals surface area contributed by atoms with E-state index in [2.05, 4.69) is 29.6 Å². The summed E-state index contributed by atoms with van der Waals surface area (Å²) in [7, 11) is 0. The molecule has 0 aliphatic heterocycles. The lowest BCUT2D eigenvalue weighted by molar-refractivity contribution is -0.140. The molecule has 0 unspecified atom stereocenters. The van der Waals surface area contributed by atoms with Gasteiger partial charge in [-0.05, 0) is 44.7 Å². The van der Waals surface area contributed by atoms with E-state index >= 15 is 0 Å². The van der Waals surface area contributed by atoms with Gasteiger partial charge >= 0.3 is 0 Å². The van der Waals surface area contributed by atoms with Gasteiger partial charge in [-0.25, -0.2) is 0 Å². The van der Waals surface area contributed by atoms with E-state index in [0.29, 0.717) is 19.4 Å². The van der Waals surface area contributed by atoms with Gasteiger partial charge in [0.15, 0.2) is 0 Å². The van der Waals surface area contributed by atoms with Crippen LogP contribution < -0.4 is 5.32 Å². The summed E-state index contributed by atoms with van der Waals surface area (Å²) >= 11 is 0. The summed E-state index contributed by atoms with van der Waals surface area (Å²) in [6.45, 7) is 8.30. The number of nitrogens with zero attached hydrogens (tertiary/aromatic N) is 1. The summed E-state index contributed by atoms with van der Waals surface area (Å²) in [6, 6.07) is 17.6. The zero-order valence-corrected chi connectivity index (χ0v) is 17.4. The molecular formula is C24H32N2O2. The molecule has 0 aliphatic rings. The molecule has 1 N–H and O–H groups in total. The van der Waals surface area contributed by atoms with Gasteiger partial charge in [0, 0.05) is 19.0 Å². The fourth-order valence-corrected chi connectivity index (χ4v) is 2.98. The number of hydrogen-bond acceptors (Lipinski definition) is 2. The molecular weight excluding hydrogens is 348 g/mol. The Hall–Kier alpha value is -2.62. The van der Waals surface area contributed by atoms with Crippen LogP contribution in [0.3, 0.4) is 0 Å². The predicted molar refractivity (Wildman–Crippen MR) is 114 cm³/mol. The molecule has 0 radical (unpaired) electrons. The molecule has 4 nitrogen and oxygen atoms in total. The quantitative estimate of drug-likeness (QED) is 0.707. The molecule has 0 aliphatic carbocycles. The van der Waals surface area contributed by atoms with Gasteiger partial charge in [0.25, 0.3) is 0 Å². The third-order valence-electron chi connectivity index (χ3n) is 5.11. The maximum absolute atomic E-state index is 13.0. The molecule has 0 heterocycles. The zero-order valence-electron chi connectivity index (χ0n) is 17.4. The van der Waals surface area contributed by atoms with E-state index in [4.69, 9.17) is 0 Å². The van der Waals surface area contributed by atoms with Gasteiger partial charge in [-0.3, -0.25) is 9.59 Å². The summed E-state index contributed by atoms with van der Waals surface area (Å²) in [5.74, 6) is -0.106. The van der Waals surface area contributed by atoms with Crippen molar-refractivity contribution in [3.63, 3.8) is 0 Å². The van der Waals surface area contributed by atoms with E-state index in [1.54, 1.807) is 4.90 Å². The Morgan fingerprint density at radius 1 is 0.964 bits per heavy atom. The Bertz CT molecular complexity index is 756. The van der Waals surface area contributed by atoms with E-state index < -0.39 is 6.04 Å². The Labute approximate surface area is 169 Å². The highest BCUT2D eigenvalue weighted by atomic mass is 16.2. The Morgan fingerprint density at radius 2 is 1.61 bits per heavy atom. The lowest BCUT2D eigenvalue weighted by Crippen LogP contribution is -2.49. The van der Waals surface area contributed by atoms with Crippen LogP contribution in [0.1, 0.15) is 50.3 Å². The molecule has 0 fully saturated rings. The second-order valence-corrected chi connectivity index (χ2v) is 7.49. The van der Waals surface area contributed by atoms with E-state index in [9.17, 15) is 9.59 Å². The number of carbonyl (C=O) groups is 2. The number of rotatable bonds is 9. The van der Waals surface area contributed by atoms with Crippen LogP contribution in [0.5, 0.6) is 0 Å². The van der Waals surface area contributed by atoms with Crippen LogP contribution in [-0.2, 0) is 22.6 Å². The van der Waals surface area contributed by atoms with Crippen molar-refractivity contribution in [1.82, 2.24) is 10.2 Å². The second-order valence-electron chi connectivity index (χ2n) is 7.49. The van der Waals surface area contributed by atoms with Crippen LogP contribution in [-0.4, -0.2) is 28.8 Å². The van der Waals surface area contributed by atoms with Crippen molar-refractivity contribution >= 4 is 11.8 Å². The summed E-state index contributed by atoms with van der Waals surface area (Å²) in [6.07, 6.45) is 1.92. The third-order valence-corrected chi connectivity index (χ3v) is 5.11. The van der Waals surface area contributed by atoms with E-state index in [-0.39, 0.29) is 17.9 Å². The van der Waals surface area contributed by atoms with Crippen LogP contribution >= 0.6 is 0 Å². The summed E-state index contributed by atoms with van der Waals surface area (Å²) in [5.41, 5.74) is 3.36. The number of hydrogen-bond donors (Lipinski definition) is 1. The normalized spacial score (nSPS) is 12.9. The minimum absolute atomic E-state index is 0.00349. The lowest BCUT2D eigenvalue weighted by Gasteiger charge is -2.29. The minimum atomic E-state index is -0.514. The average molecular weight is 381 g/mol. The van der Waals surface area contributed by atoms with Gasteiger partial charge < -0.3 is 10.2 Å².